The molecular formula is C17H26Cl2N2S. The maximum Gasteiger partial charge on any atom is 0.0411 e. The van der Waals surface area contributed by atoms with Crippen molar-refractivity contribution in [2.75, 3.05) is 26.2 Å². The molecule has 2 heterocycles. The Labute approximate surface area is 150 Å². The Morgan fingerprint density at radius 1 is 1.09 bits per heavy atom. The maximum atomic E-state index is 3.46. The predicted molar refractivity (Wildman–Crippen MR) is 103 cm³/mol. The minimum atomic E-state index is 0. The molecule has 0 bridgehead atoms. The number of thiophene rings is 1. The van der Waals surface area contributed by atoms with Crippen LogP contribution in [0.5, 0.6) is 0 Å². The van der Waals surface area contributed by atoms with Crippen LogP contribution in [0.3, 0.4) is 0 Å². The molecule has 0 radical (unpaired) electrons. The standard InChI is InChI=1S/C17H24N2S.2ClH/c1-17(2,3)16(19-10-8-18-9-11-19)14-12-20-15-7-5-4-6-13(14)15;;/h4-7,12,16,18H,8-11H2,1-3H3;2*1H/t16-;;/m0../s1. The van der Waals surface area contributed by atoms with Crippen LogP contribution < -0.4 is 5.32 Å². The molecule has 1 N–H and O–H groups in total. The topological polar surface area (TPSA) is 15.3 Å². The molecule has 0 unspecified atom stereocenters. The Hall–Kier alpha value is -0.320. The highest BCUT2D eigenvalue weighted by Crippen LogP contribution is 2.42. The average Bonchev–Trinajstić information content (AvgIpc) is 2.83. The monoisotopic (exact) mass is 360 g/mol. The molecule has 1 aliphatic rings. The van der Waals surface area contributed by atoms with E-state index < -0.39 is 0 Å². The second-order valence-electron chi connectivity index (χ2n) is 6.74. The van der Waals surface area contributed by atoms with Gasteiger partial charge in [0.15, 0.2) is 0 Å². The average molecular weight is 361 g/mol. The fraction of sp³-hybridized carbons (Fsp3) is 0.529. The van der Waals surface area contributed by atoms with Gasteiger partial charge in [0, 0.05) is 36.9 Å². The van der Waals surface area contributed by atoms with Gasteiger partial charge in [0.05, 0.1) is 0 Å². The van der Waals surface area contributed by atoms with E-state index >= 15 is 0 Å². The third kappa shape index (κ3) is 3.95. The summed E-state index contributed by atoms with van der Waals surface area (Å²) in [5, 5.41) is 7.28. The van der Waals surface area contributed by atoms with Crippen molar-refractivity contribution in [1.29, 1.82) is 0 Å². The molecule has 1 aromatic heterocycles. The lowest BCUT2D eigenvalue weighted by atomic mass is 9.81. The van der Waals surface area contributed by atoms with Gasteiger partial charge in [-0.15, -0.1) is 36.2 Å². The number of fused-ring (bicyclic) bond motifs is 1. The number of nitrogens with one attached hydrogen (secondary N) is 1. The van der Waals surface area contributed by atoms with Gasteiger partial charge in [-0.2, -0.15) is 0 Å². The highest BCUT2D eigenvalue weighted by atomic mass is 35.5. The van der Waals surface area contributed by atoms with E-state index in [1.807, 2.05) is 11.3 Å². The molecule has 1 aliphatic heterocycles. The molecule has 0 amide bonds. The summed E-state index contributed by atoms with van der Waals surface area (Å²) in [4.78, 5) is 2.66. The maximum absolute atomic E-state index is 3.46. The van der Waals surface area contributed by atoms with E-state index in [0.29, 0.717) is 6.04 Å². The summed E-state index contributed by atoms with van der Waals surface area (Å²) in [6.45, 7) is 11.6. The minimum absolute atomic E-state index is 0. The first-order chi connectivity index (χ1) is 9.57. The van der Waals surface area contributed by atoms with Crippen LogP contribution in [0.1, 0.15) is 32.4 Å². The molecule has 1 atom stereocenters. The fourth-order valence-electron chi connectivity index (χ4n) is 3.36. The van der Waals surface area contributed by atoms with Crippen LogP contribution in [0, 0.1) is 5.41 Å². The lowest BCUT2D eigenvalue weighted by Gasteiger charge is -2.42. The molecule has 0 aliphatic carbocycles. The van der Waals surface area contributed by atoms with Gasteiger partial charge < -0.3 is 5.32 Å². The lowest BCUT2D eigenvalue weighted by molar-refractivity contribution is 0.0875. The van der Waals surface area contributed by atoms with Gasteiger partial charge in [0.2, 0.25) is 0 Å². The van der Waals surface area contributed by atoms with Crippen LogP contribution in [0.4, 0.5) is 0 Å². The van der Waals surface area contributed by atoms with Gasteiger partial charge in [-0.05, 0) is 27.8 Å². The summed E-state index contributed by atoms with van der Waals surface area (Å²) in [5.74, 6) is 0. The number of benzene rings is 1. The molecule has 0 saturated carbocycles. The zero-order chi connectivity index (χ0) is 14.2. The Kier molecular flexibility index (Phi) is 7.16. The van der Waals surface area contributed by atoms with E-state index in [1.54, 1.807) is 0 Å². The highest BCUT2D eigenvalue weighted by Gasteiger charge is 2.33. The van der Waals surface area contributed by atoms with E-state index in [1.165, 1.54) is 15.6 Å². The van der Waals surface area contributed by atoms with E-state index in [9.17, 15) is 0 Å². The Morgan fingerprint density at radius 2 is 1.73 bits per heavy atom. The van der Waals surface area contributed by atoms with Gasteiger partial charge in [-0.25, -0.2) is 0 Å². The zero-order valence-corrected chi connectivity index (χ0v) is 15.9. The second kappa shape index (κ2) is 7.98. The fourth-order valence-corrected chi connectivity index (χ4v) is 4.34. The molecule has 22 heavy (non-hydrogen) atoms. The van der Waals surface area contributed by atoms with Crippen molar-refractivity contribution in [2.24, 2.45) is 5.41 Å². The van der Waals surface area contributed by atoms with Gasteiger partial charge in [-0.3, -0.25) is 4.90 Å². The number of rotatable bonds is 2. The van der Waals surface area contributed by atoms with Crippen LogP contribution in [-0.4, -0.2) is 31.1 Å². The van der Waals surface area contributed by atoms with Crippen LogP contribution in [0.2, 0.25) is 0 Å². The second-order valence-corrected chi connectivity index (χ2v) is 7.65. The molecule has 1 saturated heterocycles. The van der Waals surface area contributed by atoms with Crippen molar-refractivity contribution >= 4 is 46.2 Å². The third-order valence-corrected chi connectivity index (χ3v) is 5.12. The highest BCUT2D eigenvalue weighted by molar-refractivity contribution is 7.17. The molecule has 3 rings (SSSR count). The van der Waals surface area contributed by atoms with E-state index in [4.69, 9.17) is 0 Å². The normalized spacial score (nSPS) is 17.6. The van der Waals surface area contributed by atoms with E-state index in [2.05, 4.69) is 60.6 Å². The number of halogens is 2. The minimum Gasteiger partial charge on any atom is -0.314 e. The summed E-state index contributed by atoms with van der Waals surface area (Å²) < 4.78 is 1.41. The zero-order valence-electron chi connectivity index (χ0n) is 13.5. The molecule has 2 aromatic rings. The summed E-state index contributed by atoms with van der Waals surface area (Å²) in [6.07, 6.45) is 0. The Balaban J connectivity index is 0.00000121. The molecular weight excluding hydrogens is 335 g/mol. The molecule has 0 spiro atoms. The first kappa shape index (κ1) is 19.7. The van der Waals surface area contributed by atoms with Crippen LogP contribution >= 0.6 is 36.2 Å². The van der Waals surface area contributed by atoms with Crippen LogP contribution in [0.15, 0.2) is 29.6 Å². The van der Waals surface area contributed by atoms with Gasteiger partial charge >= 0.3 is 0 Å². The van der Waals surface area contributed by atoms with Crippen molar-refractivity contribution in [3.05, 3.63) is 35.2 Å². The summed E-state index contributed by atoms with van der Waals surface area (Å²) in [5.41, 5.74) is 1.77. The van der Waals surface area contributed by atoms with Crippen molar-refractivity contribution in [1.82, 2.24) is 10.2 Å². The quantitative estimate of drug-likeness (QED) is 0.831. The first-order valence-electron chi connectivity index (χ1n) is 7.48. The Morgan fingerprint density at radius 3 is 2.36 bits per heavy atom. The van der Waals surface area contributed by atoms with E-state index in [0.717, 1.165) is 26.2 Å². The predicted octanol–water partition coefficient (Wildman–Crippen LogP) is 4.74. The molecule has 1 fully saturated rings. The summed E-state index contributed by atoms with van der Waals surface area (Å²) in [7, 11) is 0. The summed E-state index contributed by atoms with van der Waals surface area (Å²) >= 11 is 1.88. The van der Waals surface area contributed by atoms with Crippen molar-refractivity contribution in [3.63, 3.8) is 0 Å². The number of piperazine rings is 1. The van der Waals surface area contributed by atoms with Crippen molar-refractivity contribution in [3.8, 4) is 0 Å². The van der Waals surface area contributed by atoms with Gasteiger partial charge in [0.25, 0.3) is 0 Å². The number of hydrogen-bond acceptors (Lipinski definition) is 3. The number of nitrogens with zero attached hydrogens (tertiary/aromatic N) is 1. The third-order valence-electron chi connectivity index (χ3n) is 4.14. The molecule has 124 valence electrons. The van der Waals surface area contributed by atoms with Crippen LogP contribution in [-0.2, 0) is 0 Å². The number of hydrogen-bond donors (Lipinski definition) is 1. The Bertz CT molecular complexity index is 586. The van der Waals surface area contributed by atoms with Gasteiger partial charge in [-0.1, -0.05) is 39.0 Å². The first-order valence-corrected chi connectivity index (χ1v) is 8.36. The van der Waals surface area contributed by atoms with Crippen molar-refractivity contribution < 1.29 is 0 Å². The summed E-state index contributed by atoms with van der Waals surface area (Å²) in [6, 6.07) is 9.32. The van der Waals surface area contributed by atoms with Gasteiger partial charge in [0.1, 0.15) is 0 Å². The van der Waals surface area contributed by atoms with Crippen molar-refractivity contribution in [2.45, 2.75) is 26.8 Å². The van der Waals surface area contributed by atoms with Crippen LogP contribution in [0.25, 0.3) is 10.1 Å². The van der Waals surface area contributed by atoms with E-state index in [-0.39, 0.29) is 30.2 Å². The smallest absolute Gasteiger partial charge is 0.0411 e. The lowest BCUT2D eigenvalue weighted by Crippen LogP contribution is -2.48. The SMILES string of the molecule is CC(C)(C)[C@H](c1csc2ccccc12)N1CCNCC1.Cl.Cl. The largest absolute Gasteiger partial charge is 0.314 e. The molecule has 1 aromatic carbocycles. The molecule has 5 heteroatoms. The molecule has 2 nitrogen and oxygen atoms in total.